The molecule has 0 radical (unpaired) electrons. The molecule has 0 saturated carbocycles. The first kappa shape index (κ1) is 19.3. The van der Waals surface area contributed by atoms with Crippen molar-refractivity contribution in [1.82, 2.24) is 4.90 Å². The zero-order valence-electron chi connectivity index (χ0n) is 15.3. The lowest BCUT2D eigenvalue weighted by molar-refractivity contribution is 0.158. The normalized spacial score (nSPS) is 19.1. The SMILES string of the molecule is CC(=Nc1ccc2c(c1)[C@@H](N)[C@H](O)C2)N(C)CCOc1ccc(F)c(F)c1. The third-order valence-electron chi connectivity index (χ3n) is 4.76. The first-order valence-corrected chi connectivity index (χ1v) is 8.76. The second kappa shape index (κ2) is 8.02. The van der Waals surface area contributed by atoms with Crippen LogP contribution in [-0.2, 0) is 6.42 Å². The Morgan fingerprint density at radius 3 is 2.78 bits per heavy atom. The van der Waals surface area contributed by atoms with Crippen LogP contribution < -0.4 is 10.5 Å². The average Bonchev–Trinajstić information content (AvgIpc) is 2.92. The fourth-order valence-corrected chi connectivity index (χ4v) is 3.01. The summed E-state index contributed by atoms with van der Waals surface area (Å²) in [7, 11) is 1.87. The Hall–Kier alpha value is -2.51. The number of rotatable bonds is 5. The van der Waals surface area contributed by atoms with E-state index in [2.05, 4.69) is 4.99 Å². The Balaban J connectivity index is 1.58. The molecule has 0 aromatic heterocycles. The second-order valence-electron chi connectivity index (χ2n) is 6.69. The zero-order valence-corrected chi connectivity index (χ0v) is 15.3. The molecular weight excluding hydrogens is 352 g/mol. The molecule has 2 aromatic rings. The van der Waals surface area contributed by atoms with Crippen LogP contribution in [0.2, 0.25) is 0 Å². The number of halogens is 2. The van der Waals surface area contributed by atoms with E-state index in [0.717, 1.165) is 34.8 Å². The predicted octanol–water partition coefficient (Wildman–Crippen LogP) is 2.94. The molecule has 3 N–H and O–H groups in total. The molecule has 7 heteroatoms. The smallest absolute Gasteiger partial charge is 0.162 e. The maximum Gasteiger partial charge on any atom is 0.162 e. The lowest BCUT2D eigenvalue weighted by Crippen LogP contribution is -2.28. The molecule has 2 aromatic carbocycles. The van der Waals surface area contributed by atoms with Gasteiger partial charge in [0, 0.05) is 19.5 Å². The van der Waals surface area contributed by atoms with Gasteiger partial charge in [0.25, 0.3) is 0 Å². The van der Waals surface area contributed by atoms with Gasteiger partial charge in [-0.3, -0.25) is 0 Å². The zero-order chi connectivity index (χ0) is 19.6. The Labute approximate surface area is 157 Å². The van der Waals surface area contributed by atoms with E-state index in [1.54, 1.807) is 0 Å². The van der Waals surface area contributed by atoms with Crippen LogP contribution in [0.5, 0.6) is 5.75 Å². The van der Waals surface area contributed by atoms with Crippen LogP contribution in [-0.4, -0.2) is 42.1 Å². The largest absolute Gasteiger partial charge is 0.492 e. The van der Waals surface area contributed by atoms with E-state index in [1.165, 1.54) is 6.07 Å². The monoisotopic (exact) mass is 375 g/mol. The molecule has 3 rings (SSSR count). The van der Waals surface area contributed by atoms with Gasteiger partial charge in [-0.15, -0.1) is 0 Å². The van der Waals surface area contributed by atoms with Crippen LogP contribution in [0, 0.1) is 11.6 Å². The number of nitrogens with zero attached hydrogens (tertiary/aromatic N) is 2. The minimum Gasteiger partial charge on any atom is -0.492 e. The van der Waals surface area contributed by atoms with Gasteiger partial charge >= 0.3 is 0 Å². The topological polar surface area (TPSA) is 71.1 Å². The van der Waals surface area contributed by atoms with Crippen LogP contribution in [0.15, 0.2) is 41.4 Å². The number of likely N-dealkylation sites (N-methyl/N-ethyl adjacent to an activating group) is 1. The summed E-state index contributed by atoms with van der Waals surface area (Å²) >= 11 is 0. The van der Waals surface area contributed by atoms with Crippen molar-refractivity contribution in [2.45, 2.75) is 25.5 Å². The molecule has 1 aliphatic carbocycles. The average molecular weight is 375 g/mol. The van der Waals surface area contributed by atoms with Gasteiger partial charge in [0.1, 0.15) is 18.2 Å². The van der Waals surface area contributed by atoms with Crippen molar-refractivity contribution < 1.29 is 18.6 Å². The summed E-state index contributed by atoms with van der Waals surface area (Å²) in [4.78, 5) is 6.49. The highest BCUT2D eigenvalue weighted by Crippen LogP contribution is 2.32. The number of hydrogen-bond acceptors (Lipinski definition) is 4. The van der Waals surface area contributed by atoms with Crippen LogP contribution in [0.3, 0.4) is 0 Å². The Morgan fingerprint density at radius 1 is 1.26 bits per heavy atom. The third-order valence-corrected chi connectivity index (χ3v) is 4.76. The van der Waals surface area contributed by atoms with Gasteiger partial charge in [0.05, 0.1) is 24.4 Å². The maximum absolute atomic E-state index is 13.2. The number of hydrogen-bond donors (Lipinski definition) is 2. The van der Waals surface area contributed by atoms with Crippen molar-refractivity contribution in [1.29, 1.82) is 0 Å². The van der Waals surface area contributed by atoms with E-state index < -0.39 is 17.7 Å². The van der Waals surface area contributed by atoms with E-state index in [-0.39, 0.29) is 11.8 Å². The van der Waals surface area contributed by atoms with Gasteiger partial charge in [-0.2, -0.15) is 0 Å². The van der Waals surface area contributed by atoms with Gasteiger partial charge in [-0.05, 0) is 42.3 Å². The minimum absolute atomic E-state index is 0.281. The molecule has 0 amide bonds. The molecule has 144 valence electrons. The van der Waals surface area contributed by atoms with Crippen molar-refractivity contribution in [2.24, 2.45) is 10.7 Å². The quantitative estimate of drug-likeness (QED) is 0.623. The van der Waals surface area contributed by atoms with Gasteiger partial charge in [0.15, 0.2) is 11.6 Å². The highest BCUT2D eigenvalue weighted by atomic mass is 19.2. The lowest BCUT2D eigenvalue weighted by Gasteiger charge is -2.19. The van der Waals surface area contributed by atoms with Crippen molar-refractivity contribution in [3.8, 4) is 5.75 Å². The molecule has 2 atom stereocenters. The van der Waals surface area contributed by atoms with Crippen LogP contribution in [0.1, 0.15) is 24.1 Å². The van der Waals surface area contributed by atoms with Crippen molar-refractivity contribution >= 4 is 11.5 Å². The number of fused-ring (bicyclic) bond motifs is 1. The summed E-state index contributed by atoms with van der Waals surface area (Å²) in [5.41, 5.74) is 8.77. The number of aliphatic imine (C=N–C) groups is 1. The van der Waals surface area contributed by atoms with E-state index in [0.29, 0.717) is 19.6 Å². The fourth-order valence-electron chi connectivity index (χ4n) is 3.01. The standard InChI is InChI=1S/C20H23F2N3O2/c1-12(24-14-4-3-13-9-19(26)20(23)16(13)10-14)25(2)7-8-27-15-5-6-17(21)18(22)11-15/h3-6,10-11,19-20,26H,7-9,23H2,1-2H3/t19-,20-/m1/s1. The predicted molar refractivity (Wildman–Crippen MR) is 100 cm³/mol. The first-order chi connectivity index (χ1) is 12.8. The Morgan fingerprint density at radius 2 is 2.04 bits per heavy atom. The van der Waals surface area contributed by atoms with Crippen LogP contribution in [0.4, 0.5) is 14.5 Å². The van der Waals surface area contributed by atoms with Gasteiger partial charge in [-0.1, -0.05) is 6.07 Å². The number of amidine groups is 1. The van der Waals surface area contributed by atoms with Crippen LogP contribution in [0.25, 0.3) is 0 Å². The molecule has 1 aliphatic rings. The summed E-state index contributed by atoms with van der Waals surface area (Å²) in [6, 6.07) is 8.84. The van der Waals surface area contributed by atoms with Crippen molar-refractivity contribution in [3.63, 3.8) is 0 Å². The number of ether oxygens (including phenoxy) is 1. The maximum atomic E-state index is 13.2. The number of nitrogens with two attached hydrogens (primary N) is 1. The molecule has 0 aliphatic heterocycles. The molecule has 0 spiro atoms. The van der Waals surface area contributed by atoms with E-state index in [1.807, 2.05) is 37.1 Å². The molecule has 0 bridgehead atoms. The summed E-state index contributed by atoms with van der Waals surface area (Å²) < 4.78 is 31.5. The van der Waals surface area contributed by atoms with Crippen molar-refractivity contribution in [3.05, 3.63) is 59.2 Å². The van der Waals surface area contributed by atoms with Gasteiger partial charge < -0.3 is 20.5 Å². The van der Waals surface area contributed by atoms with E-state index in [9.17, 15) is 13.9 Å². The molecule has 0 saturated heterocycles. The molecular formula is C20H23F2N3O2. The molecule has 0 fully saturated rings. The molecule has 27 heavy (non-hydrogen) atoms. The Kier molecular flexibility index (Phi) is 5.72. The summed E-state index contributed by atoms with van der Waals surface area (Å²) in [5.74, 6) is -0.776. The Bertz CT molecular complexity index is 857. The van der Waals surface area contributed by atoms with Gasteiger partial charge in [0.2, 0.25) is 0 Å². The number of aliphatic hydroxyl groups is 1. The number of benzene rings is 2. The van der Waals surface area contributed by atoms with Crippen LogP contribution >= 0.6 is 0 Å². The third kappa shape index (κ3) is 4.43. The van der Waals surface area contributed by atoms with E-state index >= 15 is 0 Å². The molecule has 0 unspecified atom stereocenters. The second-order valence-corrected chi connectivity index (χ2v) is 6.69. The number of aliphatic hydroxyl groups excluding tert-OH is 1. The van der Waals surface area contributed by atoms with Crippen molar-refractivity contribution in [2.75, 3.05) is 20.2 Å². The molecule has 0 heterocycles. The highest BCUT2D eigenvalue weighted by Gasteiger charge is 2.27. The summed E-state index contributed by atoms with van der Waals surface area (Å²) in [6.45, 7) is 2.70. The fraction of sp³-hybridized carbons (Fsp3) is 0.350. The summed E-state index contributed by atoms with van der Waals surface area (Å²) in [5, 5.41) is 9.88. The summed E-state index contributed by atoms with van der Waals surface area (Å²) in [6.07, 6.45) is 0.0252. The molecule has 5 nitrogen and oxygen atoms in total. The lowest BCUT2D eigenvalue weighted by atomic mass is 10.1. The minimum atomic E-state index is -0.932. The highest BCUT2D eigenvalue weighted by molar-refractivity contribution is 5.82. The van der Waals surface area contributed by atoms with E-state index in [4.69, 9.17) is 10.5 Å². The van der Waals surface area contributed by atoms with Gasteiger partial charge in [-0.25, -0.2) is 13.8 Å². The first-order valence-electron chi connectivity index (χ1n) is 8.76.